The molecule has 2 rings (SSSR count). The highest BCUT2D eigenvalue weighted by Gasteiger charge is 2.18. The maximum atomic E-state index is 13.4. The molecular formula is C17H19BrFN5O3S. The molecule has 0 aliphatic carbocycles. The van der Waals surface area contributed by atoms with Crippen LogP contribution in [0.15, 0.2) is 36.9 Å². The van der Waals surface area contributed by atoms with E-state index < -0.39 is 9.73 Å². The molecule has 1 N–H and O–H groups in total. The van der Waals surface area contributed by atoms with E-state index in [2.05, 4.69) is 40.8 Å². The highest BCUT2D eigenvalue weighted by atomic mass is 79.9. The van der Waals surface area contributed by atoms with E-state index in [0.29, 0.717) is 34.5 Å². The van der Waals surface area contributed by atoms with Crippen LogP contribution < -0.4 is 0 Å². The molecule has 0 aliphatic heterocycles. The number of hydrogen-bond donors (Lipinski definition) is 1. The van der Waals surface area contributed by atoms with Crippen LogP contribution >= 0.6 is 15.9 Å². The van der Waals surface area contributed by atoms with Gasteiger partial charge in [0.25, 0.3) is 0 Å². The Balaban J connectivity index is 1.96. The van der Waals surface area contributed by atoms with E-state index in [1.54, 1.807) is 12.1 Å². The Hall–Kier alpha value is -2.32. The van der Waals surface area contributed by atoms with Crippen molar-refractivity contribution in [2.24, 2.45) is 9.63 Å². The van der Waals surface area contributed by atoms with Crippen molar-refractivity contribution in [1.29, 1.82) is 0 Å². The summed E-state index contributed by atoms with van der Waals surface area (Å²) in [7, 11) is -2.44. The summed E-state index contributed by atoms with van der Waals surface area (Å²) in [6.07, 6.45) is 4.40. The Morgan fingerprint density at radius 2 is 2.18 bits per heavy atom. The highest BCUT2D eigenvalue weighted by Crippen LogP contribution is 2.19. The van der Waals surface area contributed by atoms with Gasteiger partial charge in [0.1, 0.15) is 31.4 Å². The zero-order valence-corrected chi connectivity index (χ0v) is 17.5. The van der Waals surface area contributed by atoms with Gasteiger partial charge in [0.05, 0.1) is 4.47 Å². The van der Waals surface area contributed by atoms with Crippen LogP contribution in [0.5, 0.6) is 0 Å². The van der Waals surface area contributed by atoms with Crippen LogP contribution in [0.4, 0.5) is 4.39 Å². The Morgan fingerprint density at radius 1 is 1.39 bits per heavy atom. The molecule has 0 fully saturated rings. The van der Waals surface area contributed by atoms with Gasteiger partial charge in [-0.25, -0.2) is 13.2 Å². The largest absolute Gasteiger partial charge is 0.411 e. The Morgan fingerprint density at radius 3 is 2.86 bits per heavy atom. The summed E-state index contributed by atoms with van der Waals surface area (Å²) in [5, 5.41) is 20.4. The molecule has 8 nitrogen and oxygen atoms in total. The predicted molar refractivity (Wildman–Crippen MR) is 106 cm³/mol. The number of halogens is 2. The predicted octanol–water partition coefficient (Wildman–Crippen LogP) is 4.04. The first-order valence-corrected chi connectivity index (χ1v) is 11.3. The number of aromatic nitrogens is 2. The van der Waals surface area contributed by atoms with Gasteiger partial charge in [-0.1, -0.05) is 22.8 Å². The van der Waals surface area contributed by atoms with E-state index in [1.807, 2.05) is 0 Å². The average Bonchev–Trinajstić information content (AvgIpc) is 3.10. The lowest BCUT2D eigenvalue weighted by Gasteiger charge is -2.05. The van der Waals surface area contributed by atoms with Gasteiger partial charge in [0.15, 0.2) is 5.69 Å². The molecule has 0 spiro atoms. The second-order valence-corrected chi connectivity index (χ2v) is 9.53. The maximum absolute atomic E-state index is 13.4. The molecule has 150 valence electrons. The van der Waals surface area contributed by atoms with E-state index in [0.717, 1.165) is 18.4 Å². The van der Waals surface area contributed by atoms with Gasteiger partial charge in [-0.3, -0.25) is 0 Å². The van der Waals surface area contributed by atoms with Gasteiger partial charge in [0.2, 0.25) is 0 Å². The topological polar surface area (TPSA) is 105 Å². The first kappa shape index (κ1) is 22.0. The molecule has 0 saturated carbocycles. The van der Waals surface area contributed by atoms with E-state index in [1.165, 1.54) is 12.3 Å². The summed E-state index contributed by atoms with van der Waals surface area (Å²) in [5.74, 6) is -0.0162. The van der Waals surface area contributed by atoms with Gasteiger partial charge >= 0.3 is 0 Å². The molecule has 1 heterocycles. The normalized spacial score (nSPS) is 13.7. The first-order valence-electron chi connectivity index (χ1n) is 8.38. The van der Waals surface area contributed by atoms with Crippen molar-refractivity contribution < 1.29 is 18.4 Å². The fraction of sp³-hybridized carbons (Fsp3) is 0.412. The van der Waals surface area contributed by atoms with Crippen LogP contribution in [-0.4, -0.2) is 37.4 Å². The lowest BCUT2D eigenvalue weighted by Crippen LogP contribution is -2.09. The minimum absolute atomic E-state index is 0.229. The van der Waals surface area contributed by atoms with Crippen molar-refractivity contribution in [3.8, 4) is 0 Å². The van der Waals surface area contributed by atoms with Crippen LogP contribution in [-0.2, 0) is 22.6 Å². The van der Waals surface area contributed by atoms with Crippen molar-refractivity contribution >= 4 is 31.4 Å². The third-order valence-corrected chi connectivity index (χ3v) is 6.04. The number of rotatable bonds is 9. The highest BCUT2D eigenvalue weighted by molar-refractivity contribution is 9.10. The molecule has 0 amide bonds. The molecule has 1 aromatic carbocycles. The second kappa shape index (κ2) is 10.3. The van der Waals surface area contributed by atoms with Crippen molar-refractivity contribution in [3.05, 3.63) is 57.0 Å². The van der Waals surface area contributed by atoms with Crippen LogP contribution in [0.2, 0.25) is 0 Å². The Labute approximate surface area is 170 Å². The molecule has 0 aliphatic rings. The SMILES string of the molecule is [C-]#[N+]N=S(C)(=O)CCCCCc1nonc1/C(Cc1ccc(F)c(Br)c1)=N/O. The number of nitrogens with zero attached hydrogens (tertiary/aromatic N) is 5. The summed E-state index contributed by atoms with van der Waals surface area (Å²) < 4.78 is 33.8. The van der Waals surface area contributed by atoms with Gasteiger partial charge in [-0.2, -0.15) is 6.57 Å². The van der Waals surface area contributed by atoms with Crippen molar-refractivity contribution in [2.45, 2.75) is 32.1 Å². The number of oxime groups is 1. The maximum Gasteiger partial charge on any atom is 0.156 e. The summed E-state index contributed by atoms with van der Waals surface area (Å²) in [6.45, 7) is 6.65. The smallest absolute Gasteiger partial charge is 0.156 e. The molecule has 1 unspecified atom stereocenters. The minimum atomic E-state index is -2.44. The Bertz CT molecular complexity index is 1010. The number of hydrogen-bond acceptors (Lipinski definition) is 7. The third-order valence-electron chi connectivity index (χ3n) is 3.96. The van der Waals surface area contributed by atoms with Gasteiger partial charge in [-0.15, -0.1) is 4.95 Å². The zero-order chi connectivity index (χ0) is 20.6. The lowest BCUT2D eigenvalue weighted by molar-refractivity contribution is 0.300. The average molecular weight is 472 g/mol. The first-order chi connectivity index (χ1) is 13.4. The lowest BCUT2D eigenvalue weighted by atomic mass is 10.0. The third kappa shape index (κ3) is 6.38. The summed E-state index contributed by atoms with van der Waals surface area (Å²) >= 11 is 3.13. The minimum Gasteiger partial charge on any atom is -0.411 e. The molecular weight excluding hydrogens is 453 g/mol. The van der Waals surface area contributed by atoms with Crippen LogP contribution in [0.25, 0.3) is 4.95 Å². The fourth-order valence-electron chi connectivity index (χ4n) is 2.57. The Kier molecular flexibility index (Phi) is 8.07. The molecule has 1 aromatic heterocycles. The van der Waals surface area contributed by atoms with Crippen LogP contribution in [0, 0.1) is 12.4 Å². The molecule has 1 atom stereocenters. The summed E-state index contributed by atoms with van der Waals surface area (Å²) in [4.78, 5) is 2.84. The second-order valence-electron chi connectivity index (χ2n) is 6.19. The van der Waals surface area contributed by atoms with Gasteiger partial charge < -0.3 is 5.21 Å². The summed E-state index contributed by atoms with van der Waals surface area (Å²) in [5.41, 5.74) is 1.90. The number of unbranched alkanes of at least 4 members (excludes halogenated alkanes) is 2. The fourth-order valence-corrected chi connectivity index (χ4v) is 3.99. The van der Waals surface area contributed by atoms with E-state index in [-0.39, 0.29) is 17.9 Å². The van der Waals surface area contributed by atoms with Gasteiger partial charge in [-0.05, 0) is 58.0 Å². The van der Waals surface area contributed by atoms with E-state index >= 15 is 0 Å². The van der Waals surface area contributed by atoms with Crippen molar-refractivity contribution in [1.82, 2.24) is 10.3 Å². The monoisotopic (exact) mass is 471 g/mol. The van der Waals surface area contributed by atoms with Crippen molar-refractivity contribution in [3.63, 3.8) is 0 Å². The quantitative estimate of drug-likeness (QED) is 0.195. The molecule has 11 heteroatoms. The van der Waals surface area contributed by atoms with Crippen LogP contribution in [0.1, 0.15) is 36.2 Å². The number of benzene rings is 1. The van der Waals surface area contributed by atoms with Crippen molar-refractivity contribution in [2.75, 3.05) is 12.0 Å². The molecule has 0 radical (unpaired) electrons. The molecule has 2 aromatic rings. The number of aryl methyl sites for hydroxylation is 1. The van der Waals surface area contributed by atoms with E-state index in [9.17, 15) is 13.8 Å². The standard InChI is InChI=1S/C17H19BrFN5O3S/c1-20-24-28(2,26)9-5-3-4-6-15-17(23-27-22-15)16(21-25)11-12-7-8-14(19)13(18)10-12/h7-8,10,25H,3-6,9,11H2,2H3/b21-16+. The molecule has 28 heavy (non-hydrogen) atoms. The molecule has 0 saturated heterocycles. The molecule has 0 bridgehead atoms. The van der Waals surface area contributed by atoms with Crippen LogP contribution in [0.3, 0.4) is 0 Å². The summed E-state index contributed by atoms with van der Waals surface area (Å²) in [6, 6.07) is 4.52. The zero-order valence-electron chi connectivity index (χ0n) is 15.1. The van der Waals surface area contributed by atoms with E-state index in [4.69, 9.17) is 11.2 Å². The van der Waals surface area contributed by atoms with Gasteiger partial charge in [0, 0.05) is 18.4 Å².